The maximum atomic E-state index is 6.00. The molecule has 0 fully saturated rings. The molecule has 1 aliphatic rings. The molecule has 0 radical (unpaired) electrons. The summed E-state index contributed by atoms with van der Waals surface area (Å²) in [6.45, 7) is 0.972. The number of fused-ring (bicyclic) bond motifs is 1. The molecular weight excluding hydrogens is 200 g/mol. The van der Waals surface area contributed by atoms with Crippen molar-refractivity contribution in [3.8, 4) is 11.3 Å². The van der Waals surface area contributed by atoms with Crippen LogP contribution in [0.15, 0.2) is 36.8 Å². The Morgan fingerprint density at radius 3 is 2.88 bits per heavy atom. The van der Waals surface area contributed by atoms with Crippen molar-refractivity contribution >= 4 is 0 Å². The second kappa shape index (κ2) is 3.64. The maximum absolute atomic E-state index is 6.00. The second-order valence-corrected chi connectivity index (χ2v) is 4.00. The lowest BCUT2D eigenvalue weighted by molar-refractivity contribution is -0.693. The molecule has 3 rings (SSSR count). The normalized spacial score (nSPS) is 18.4. The third-order valence-electron chi connectivity index (χ3n) is 2.93. The molecule has 1 unspecified atom stereocenters. The van der Waals surface area contributed by atoms with Crippen molar-refractivity contribution in [1.29, 1.82) is 0 Å². The molecule has 16 heavy (non-hydrogen) atoms. The van der Waals surface area contributed by atoms with E-state index < -0.39 is 0 Å². The summed E-state index contributed by atoms with van der Waals surface area (Å²) in [5.74, 6) is 0.981. The van der Waals surface area contributed by atoms with Crippen molar-refractivity contribution in [2.24, 2.45) is 5.73 Å². The van der Waals surface area contributed by atoms with Crippen molar-refractivity contribution in [3.63, 3.8) is 0 Å². The molecule has 0 amide bonds. The Morgan fingerprint density at radius 1 is 1.25 bits per heavy atom. The molecule has 2 aromatic heterocycles. The Hall–Kier alpha value is -1.81. The van der Waals surface area contributed by atoms with E-state index in [1.54, 1.807) is 12.4 Å². The summed E-state index contributed by atoms with van der Waals surface area (Å²) in [5, 5.41) is 0. The predicted octanol–water partition coefficient (Wildman–Crippen LogP) is 0.835. The Labute approximate surface area is 93.8 Å². The zero-order valence-corrected chi connectivity index (χ0v) is 8.87. The van der Waals surface area contributed by atoms with E-state index in [9.17, 15) is 0 Å². The van der Waals surface area contributed by atoms with Crippen LogP contribution in [0.5, 0.6) is 0 Å². The van der Waals surface area contributed by atoms with Gasteiger partial charge in [0.2, 0.25) is 0 Å². The minimum Gasteiger partial charge on any atom is -0.317 e. The molecule has 0 bridgehead atoms. The molecule has 0 saturated heterocycles. The van der Waals surface area contributed by atoms with Gasteiger partial charge in [0.25, 0.3) is 0 Å². The fourth-order valence-electron chi connectivity index (χ4n) is 2.04. The summed E-state index contributed by atoms with van der Waals surface area (Å²) >= 11 is 0. The van der Waals surface area contributed by atoms with Gasteiger partial charge in [-0.1, -0.05) is 0 Å². The first-order valence-corrected chi connectivity index (χ1v) is 5.41. The Morgan fingerprint density at radius 2 is 2.06 bits per heavy atom. The molecule has 1 atom stereocenters. The van der Waals surface area contributed by atoms with Crippen molar-refractivity contribution < 1.29 is 4.57 Å². The third kappa shape index (κ3) is 1.47. The predicted molar refractivity (Wildman–Crippen MR) is 59.2 cm³/mol. The Balaban J connectivity index is 2.08. The summed E-state index contributed by atoms with van der Waals surface area (Å²) in [4.78, 5) is 8.62. The van der Waals surface area contributed by atoms with Crippen LogP contribution in [-0.4, -0.2) is 9.97 Å². The van der Waals surface area contributed by atoms with Crippen molar-refractivity contribution in [3.05, 3.63) is 42.6 Å². The van der Waals surface area contributed by atoms with Crippen LogP contribution in [0.3, 0.4) is 0 Å². The number of hydrogen-bond acceptors (Lipinski definition) is 3. The molecule has 4 heteroatoms. The smallest absolute Gasteiger partial charge is 0.316 e. The van der Waals surface area contributed by atoms with Gasteiger partial charge in [-0.25, -0.2) is 4.57 Å². The minimum atomic E-state index is 0.0711. The zero-order chi connectivity index (χ0) is 11.0. The number of nitrogens with zero attached hydrogens (tertiary/aromatic N) is 3. The Bertz CT molecular complexity index is 510. The van der Waals surface area contributed by atoms with E-state index in [2.05, 4.69) is 20.7 Å². The maximum Gasteiger partial charge on any atom is 0.316 e. The SMILES string of the molecule is NC1CC[n+]2ccc(-c3ccncc3)nc21. The summed E-state index contributed by atoms with van der Waals surface area (Å²) in [6, 6.07) is 6.01. The number of pyridine rings is 1. The van der Waals surface area contributed by atoms with Gasteiger partial charge < -0.3 is 5.73 Å². The molecule has 3 heterocycles. The summed E-state index contributed by atoms with van der Waals surface area (Å²) < 4.78 is 2.12. The van der Waals surface area contributed by atoms with Gasteiger partial charge in [-0.3, -0.25) is 4.98 Å². The lowest BCUT2D eigenvalue weighted by Crippen LogP contribution is -2.34. The van der Waals surface area contributed by atoms with Crippen LogP contribution in [0.4, 0.5) is 0 Å². The molecule has 80 valence electrons. The molecule has 0 saturated carbocycles. The number of rotatable bonds is 1. The van der Waals surface area contributed by atoms with Crippen LogP contribution in [0.25, 0.3) is 11.3 Å². The first-order chi connectivity index (χ1) is 7.84. The van der Waals surface area contributed by atoms with Crippen LogP contribution >= 0.6 is 0 Å². The lowest BCUT2D eigenvalue weighted by atomic mass is 10.2. The number of nitrogens with two attached hydrogens (primary N) is 1. The highest BCUT2D eigenvalue weighted by Gasteiger charge is 2.28. The molecule has 1 aliphatic heterocycles. The highest BCUT2D eigenvalue weighted by molar-refractivity contribution is 5.57. The molecule has 0 spiro atoms. The van der Waals surface area contributed by atoms with Crippen LogP contribution in [-0.2, 0) is 6.54 Å². The fraction of sp³-hybridized carbons (Fsp3) is 0.250. The summed E-state index contributed by atoms with van der Waals surface area (Å²) in [6.07, 6.45) is 6.59. The molecular formula is C12H13N4+. The minimum absolute atomic E-state index is 0.0711. The van der Waals surface area contributed by atoms with E-state index in [4.69, 9.17) is 5.73 Å². The first-order valence-electron chi connectivity index (χ1n) is 5.41. The van der Waals surface area contributed by atoms with Crippen molar-refractivity contribution in [2.75, 3.05) is 0 Å². The van der Waals surface area contributed by atoms with Crippen LogP contribution in [0.2, 0.25) is 0 Å². The van der Waals surface area contributed by atoms with Gasteiger partial charge in [0.1, 0.15) is 6.04 Å². The molecule has 2 N–H and O–H groups in total. The van der Waals surface area contributed by atoms with E-state index in [0.29, 0.717) is 0 Å². The fourth-order valence-corrected chi connectivity index (χ4v) is 2.04. The quantitative estimate of drug-likeness (QED) is 0.714. The number of aryl methyl sites for hydroxylation is 1. The average Bonchev–Trinajstić information content (AvgIpc) is 2.72. The van der Waals surface area contributed by atoms with Crippen LogP contribution < -0.4 is 10.3 Å². The lowest BCUT2D eigenvalue weighted by Gasteiger charge is -1.98. The number of aromatic nitrogens is 3. The topological polar surface area (TPSA) is 55.7 Å². The van der Waals surface area contributed by atoms with E-state index in [0.717, 1.165) is 30.0 Å². The molecule has 2 aromatic rings. The van der Waals surface area contributed by atoms with E-state index in [-0.39, 0.29) is 6.04 Å². The van der Waals surface area contributed by atoms with E-state index >= 15 is 0 Å². The third-order valence-corrected chi connectivity index (χ3v) is 2.93. The van der Waals surface area contributed by atoms with Gasteiger partial charge in [-0.05, 0) is 17.1 Å². The van der Waals surface area contributed by atoms with Gasteiger partial charge in [0, 0.05) is 30.4 Å². The van der Waals surface area contributed by atoms with Crippen LogP contribution in [0.1, 0.15) is 18.3 Å². The van der Waals surface area contributed by atoms with Gasteiger partial charge in [-0.2, -0.15) is 0 Å². The molecule has 4 nitrogen and oxygen atoms in total. The average molecular weight is 213 g/mol. The standard InChI is InChI=1S/C12H13N4/c13-10-3-7-16-8-4-11(15-12(10)16)9-1-5-14-6-2-9/h1-2,4-6,8,10H,3,7,13H2/q+1. The monoisotopic (exact) mass is 213 g/mol. The van der Waals surface area contributed by atoms with Gasteiger partial charge in [-0.15, -0.1) is 0 Å². The van der Waals surface area contributed by atoms with E-state index in [1.165, 1.54) is 0 Å². The Kier molecular flexibility index (Phi) is 2.15. The highest BCUT2D eigenvalue weighted by atomic mass is 15.1. The van der Waals surface area contributed by atoms with Gasteiger partial charge in [0.15, 0.2) is 5.69 Å². The summed E-state index contributed by atoms with van der Waals surface area (Å²) in [7, 11) is 0. The van der Waals surface area contributed by atoms with Crippen LogP contribution in [0, 0.1) is 0 Å². The van der Waals surface area contributed by atoms with Crippen molar-refractivity contribution in [2.45, 2.75) is 19.0 Å². The highest BCUT2D eigenvalue weighted by Crippen LogP contribution is 2.19. The van der Waals surface area contributed by atoms with Crippen molar-refractivity contribution in [1.82, 2.24) is 9.97 Å². The zero-order valence-electron chi connectivity index (χ0n) is 8.87. The second-order valence-electron chi connectivity index (χ2n) is 4.00. The van der Waals surface area contributed by atoms with Gasteiger partial charge in [0.05, 0.1) is 12.7 Å². The molecule has 0 aliphatic carbocycles. The van der Waals surface area contributed by atoms with E-state index in [1.807, 2.05) is 18.2 Å². The van der Waals surface area contributed by atoms with Gasteiger partial charge >= 0.3 is 5.82 Å². The largest absolute Gasteiger partial charge is 0.317 e. The first kappa shape index (κ1) is 9.42. The molecule has 0 aromatic carbocycles. The number of hydrogen-bond donors (Lipinski definition) is 1. The summed E-state index contributed by atoms with van der Waals surface area (Å²) in [5.41, 5.74) is 8.04.